The van der Waals surface area contributed by atoms with Crippen LogP contribution >= 0.6 is 0 Å². The monoisotopic (exact) mass is 424 g/mol. The number of hydrogen-bond acceptors (Lipinski definition) is 4. The molecule has 0 aliphatic heterocycles. The van der Waals surface area contributed by atoms with Crippen molar-refractivity contribution >= 4 is 12.0 Å². The molecular weight excluding hydrogens is 397 g/mol. The lowest BCUT2D eigenvalue weighted by atomic mass is 9.87. The summed E-state index contributed by atoms with van der Waals surface area (Å²) in [4.78, 5) is 6.13. The van der Waals surface area contributed by atoms with Gasteiger partial charge < -0.3 is 19.5 Å². The third kappa shape index (κ3) is 5.44. The minimum atomic E-state index is -4.93. The second kappa shape index (κ2) is 9.84. The van der Waals surface area contributed by atoms with Crippen LogP contribution in [0.5, 0.6) is 11.5 Å². The van der Waals surface area contributed by atoms with Gasteiger partial charge in [-0.25, -0.2) is 4.99 Å². The second-order valence-electron chi connectivity index (χ2n) is 6.93. The molecule has 0 bridgehead atoms. The van der Waals surface area contributed by atoms with Gasteiger partial charge in [-0.2, -0.15) is 13.2 Å². The van der Waals surface area contributed by atoms with Crippen molar-refractivity contribution in [3.63, 3.8) is 0 Å². The molecule has 0 amide bonds. The number of nitrogens with zero attached hydrogens (tertiary/aromatic N) is 2. The van der Waals surface area contributed by atoms with E-state index in [9.17, 15) is 18.3 Å². The fourth-order valence-corrected chi connectivity index (χ4v) is 2.81. The summed E-state index contributed by atoms with van der Waals surface area (Å²) < 4.78 is 52.5. The van der Waals surface area contributed by atoms with Crippen LogP contribution in [0.2, 0.25) is 0 Å². The quantitative estimate of drug-likeness (QED) is 0.463. The van der Waals surface area contributed by atoms with Crippen molar-refractivity contribution in [3.8, 4) is 11.5 Å². The summed E-state index contributed by atoms with van der Waals surface area (Å²) in [6.07, 6.45) is -4.03. The minimum Gasteiger partial charge on any atom is -0.496 e. The molecule has 2 rings (SSSR count). The molecule has 1 unspecified atom stereocenters. The Bertz CT molecular complexity index is 857. The fraction of sp³-hybridized carbons (Fsp3) is 0.409. The van der Waals surface area contributed by atoms with Crippen molar-refractivity contribution in [2.24, 2.45) is 4.99 Å². The Morgan fingerprint density at radius 2 is 1.83 bits per heavy atom. The molecule has 0 aromatic heterocycles. The Morgan fingerprint density at radius 3 is 2.40 bits per heavy atom. The zero-order chi connectivity index (χ0) is 22.4. The van der Waals surface area contributed by atoms with E-state index in [0.717, 1.165) is 6.54 Å². The van der Waals surface area contributed by atoms with Crippen LogP contribution in [0, 0.1) is 6.92 Å². The summed E-state index contributed by atoms with van der Waals surface area (Å²) in [5.74, 6) is 0.335. The van der Waals surface area contributed by atoms with Crippen LogP contribution in [0.4, 0.5) is 18.9 Å². The normalized spacial score (nSPS) is 13.9. The summed E-state index contributed by atoms with van der Waals surface area (Å²) in [6, 6.07) is 11.1. The molecule has 0 radical (unpaired) electrons. The maximum atomic E-state index is 14.0. The van der Waals surface area contributed by atoms with Gasteiger partial charge in [0.25, 0.3) is 0 Å². The van der Waals surface area contributed by atoms with Gasteiger partial charge >= 0.3 is 6.18 Å². The van der Waals surface area contributed by atoms with Gasteiger partial charge in [0.1, 0.15) is 11.5 Å². The molecule has 5 nitrogen and oxygen atoms in total. The largest absolute Gasteiger partial charge is 0.496 e. The molecule has 0 saturated heterocycles. The highest BCUT2D eigenvalue weighted by Gasteiger charge is 2.56. The molecule has 30 heavy (non-hydrogen) atoms. The van der Waals surface area contributed by atoms with Crippen molar-refractivity contribution in [2.75, 3.05) is 27.3 Å². The van der Waals surface area contributed by atoms with E-state index in [1.807, 2.05) is 18.9 Å². The van der Waals surface area contributed by atoms with E-state index < -0.39 is 18.2 Å². The number of para-hydroxylation sites is 1. The van der Waals surface area contributed by atoms with Crippen LogP contribution in [-0.2, 0) is 5.60 Å². The van der Waals surface area contributed by atoms with Crippen molar-refractivity contribution in [1.82, 2.24) is 4.90 Å². The van der Waals surface area contributed by atoms with Gasteiger partial charge in [0.05, 0.1) is 25.7 Å². The van der Waals surface area contributed by atoms with Gasteiger partial charge in [-0.3, -0.25) is 0 Å². The first-order valence-corrected chi connectivity index (χ1v) is 9.53. The van der Waals surface area contributed by atoms with E-state index >= 15 is 0 Å². The third-order valence-electron chi connectivity index (χ3n) is 4.80. The van der Waals surface area contributed by atoms with E-state index in [1.54, 1.807) is 43.6 Å². The first kappa shape index (κ1) is 23.5. The number of methoxy groups -OCH3 is 1. The number of ether oxygens (including phenoxy) is 2. The lowest BCUT2D eigenvalue weighted by molar-refractivity contribution is -0.271. The number of aliphatic hydroxyl groups is 1. The number of alkyl halides is 3. The Balaban J connectivity index is 2.38. The van der Waals surface area contributed by atoms with Gasteiger partial charge in [-0.1, -0.05) is 18.2 Å². The highest BCUT2D eigenvalue weighted by Crippen LogP contribution is 2.46. The Morgan fingerprint density at radius 1 is 1.17 bits per heavy atom. The predicted molar refractivity (Wildman–Crippen MR) is 111 cm³/mol. The van der Waals surface area contributed by atoms with E-state index in [0.29, 0.717) is 17.0 Å². The predicted octanol–water partition coefficient (Wildman–Crippen LogP) is 4.83. The maximum Gasteiger partial charge on any atom is 0.421 e. The van der Waals surface area contributed by atoms with Crippen LogP contribution in [0.25, 0.3) is 0 Å². The summed E-state index contributed by atoms with van der Waals surface area (Å²) in [6.45, 7) is 3.98. The van der Waals surface area contributed by atoms with Crippen molar-refractivity contribution < 1.29 is 27.8 Å². The standard InChI is InChI=1S/C22H27F3N2O3/c1-5-27(3)15-26-19-14-20(29-4)18(13-16(19)2)21(28,22(23,24)25)11-12-30-17-9-7-6-8-10-17/h6-10,13-15,28H,5,11-12H2,1-4H3/b26-15+. The van der Waals surface area contributed by atoms with Crippen LogP contribution < -0.4 is 9.47 Å². The molecule has 1 atom stereocenters. The molecule has 0 aliphatic carbocycles. The highest BCUT2D eigenvalue weighted by molar-refractivity contribution is 5.65. The molecule has 0 heterocycles. The molecule has 0 spiro atoms. The SMILES string of the molecule is CCN(C)/C=N/c1cc(OC)c(C(O)(CCOc2ccccc2)C(F)(F)F)cc1C. The van der Waals surface area contributed by atoms with Gasteiger partial charge in [0.15, 0.2) is 5.60 Å². The first-order valence-electron chi connectivity index (χ1n) is 9.53. The second-order valence-corrected chi connectivity index (χ2v) is 6.93. The molecule has 2 aromatic rings. The summed E-state index contributed by atoms with van der Waals surface area (Å²) in [5, 5.41) is 10.7. The average molecular weight is 424 g/mol. The van der Waals surface area contributed by atoms with Crippen molar-refractivity contribution in [3.05, 3.63) is 53.6 Å². The molecule has 0 aliphatic rings. The van der Waals surface area contributed by atoms with Crippen LogP contribution in [0.15, 0.2) is 47.5 Å². The molecule has 0 fully saturated rings. The Hall–Kier alpha value is -2.74. The highest BCUT2D eigenvalue weighted by atomic mass is 19.4. The summed E-state index contributed by atoms with van der Waals surface area (Å²) in [5.41, 5.74) is -2.56. The van der Waals surface area contributed by atoms with Crippen LogP contribution in [0.1, 0.15) is 24.5 Å². The molecule has 1 N–H and O–H groups in total. The zero-order valence-electron chi connectivity index (χ0n) is 17.5. The van der Waals surface area contributed by atoms with Crippen molar-refractivity contribution in [1.29, 1.82) is 0 Å². The van der Waals surface area contributed by atoms with Gasteiger partial charge in [-0.05, 0) is 37.6 Å². The lowest BCUT2D eigenvalue weighted by Crippen LogP contribution is -2.43. The Labute approximate surface area is 174 Å². The van der Waals surface area contributed by atoms with Gasteiger partial charge in [0, 0.05) is 31.6 Å². The number of rotatable bonds is 9. The molecular formula is C22H27F3N2O3. The van der Waals surface area contributed by atoms with E-state index in [1.165, 1.54) is 19.2 Å². The topological polar surface area (TPSA) is 54.3 Å². The maximum absolute atomic E-state index is 14.0. The molecule has 164 valence electrons. The number of aliphatic imine (C=N–C) groups is 1. The lowest BCUT2D eigenvalue weighted by Gasteiger charge is -2.32. The fourth-order valence-electron chi connectivity index (χ4n) is 2.81. The first-order chi connectivity index (χ1) is 14.1. The van der Waals surface area contributed by atoms with E-state index in [4.69, 9.17) is 9.47 Å². The van der Waals surface area contributed by atoms with E-state index in [2.05, 4.69) is 4.99 Å². The Kier molecular flexibility index (Phi) is 7.72. The number of halogens is 3. The van der Waals surface area contributed by atoms with Crippen molar-refractivity contribution in [2.45, 2.75) is 32.0 Å². The van der Waals surface area contributed by atoms with Gasteiger partial charge in [0.2, 0.25) is 0 Å². The third-order valence-corrected chi connectivity index (χ3v) is 4.80. The average Bonchev–Trinajstić information content (AvgIpc) is 2.72. The summed E-state index contributed by atoms with van der Waals surface area (Å²) in [7, 11) is 3.09. The molecule has 0 saturated carbocycles. The summed E-state index contributed by atoms with van der Waals surface area (Å²) >= 11 is 0. The molecule has 2 aromatic carbocycles. The van der Waals surface area contributed by atoms with Crippen LogP contribution in [0.3, 0.4) is 0 Å². The van der Waals surface area contributed by atoms with E-state index in [-0.39, 0.29) is 17.9 Å². The van der Waals surface area contributed by atoms with Crippen LogP contribution in [-0.4, -0.2) is 49.8 Å². The zero-order valence-corrected chi connectivity index (χ0v) is 17.5. The minimum absolute atomic E-state index is 0.0913. The molecule has 8 heteroatoms. The number of aryl methyl sites for hydroxylation is 1. The number of benzene rings is 2. The smallest absolute Gasteiger partial charge is 0.421 e. The van der Waals surface area contributed by atoms with Gasteiger partial charge in [-0.15, -0.1) is 0 Å². The number of hydrogen-bond donors (Lipinski definition) is 1.